The second-order valence-electron chi connectivity index (χ2n) is 3.38. The Kier molecular flexibility index (Phi) is 4.33. The summed E-state index contributed by atoms with van der Waals surface area (Å²) in [6.07, 6.45) is 0.634. The molecule has 14 heavy (non-hydrogen) atoms. The van der Waals surface area contributed by atoms with Gasteiger partial charge in [-0.25, -0.2) is 0 Å². The molecule has 0 aliphatic rings. The van der Waals surface area contributed by atoms with Crippen LogP contribution in [-0.4, -0.2) is 18.5 Å². The van der Waals surface area contributed by atoms with E-state index < -0.39 is 0 Å². The topological polar surface area (TPSA) is 26.3 Å². The predicted molar refractivity (Wildman–Crippen MR) is 55.3 cm³/mol. The van der Waals surface area contributed by atoms with Crippen LogP contribution in [0, 0.1) is 6.07 Å². The van der Waals surface area contributed by atoms with Crippen LogP contribution in [0.5, 0.6) is 0 Å². The van der Waals surface area contributed by atoms with Gasteiger partial charge in [-0.05, 0) is 19.9 Å². The molecule has 0 fully saturated rings. The number of ether oxygens (including phenoxy) is 1. The van der Waals surface area contributed by atoms with Crippen molar-refractivity contribution in [1.82, 2.24) is 0 Å². The van der Waals surface area contributed by atoms with Crippen molar-refractivity contribution in [2.45, 2.75) is 26.4 Å². The summed E-state index contributed by atoms with van der Waals surface area (Å²) in [5.41, 5.74) is 0.733. The van der Waals surface area contributed by atoms with Crippen molar-refractivity contribution in [3.05, 3.63) is 35.9 Å². The van der Waals surface area contributed by atoms with Gasteiger partial charge >= 0.3 is 0 Å². The quantitative estimate of drug-likeness (QED) is 0.668. The van der Waals surface area contributed by atoms with E-state index in [9.17, 15) is 4.79 Å². The van der Waals surface area contributed by atoms with Gasteiger partial charge in [0.2, 0.25) is 0 Å². The third kappa shape index (κ3) is 3.71. The highest BCUT2D eigenvalue weighted by atomic mass is 16.5. The van der Waals surface area contributed by atoms with Gasteiger partial charge in [-0.3, -0.25) is 4.79 Å². The lowest BCUT2D eigenvalue weighted by molar-refractivity contribution is 0.0678. The van der Waals surface area contributed by atoms with Crippen molar-refractivity contribution < 1.29 is 9.53 Å². The second kappa shape index (κ2) is 5.55. The lowest BCUT2D eigenvalue weighted by Crippen LogP contribution is -2.08. The zero-order valence-corrected chi connectivity index (χ0v) is 8.62. The number of carbonyl (C=O) groups is 1. The Morgan fingerprint density at radius 1 is 1.43 bits per heavy atom. The molecule has 2 heteroatoms. The molecule has 0 bridgehead atoms. The molecule has 1 aromatic rings. The lowest BCUT2D eigenvalue weighted by atomic mass is 10.1. The molecule has 0 saturated heterocycles. The van der Waals surface area contributed by atoms with Crippen molar-refractivity contribution in [3.63, 3.8) is 0 Å². The van der Waals surface area contributed by atoms with Gasteiger partial charge in [0.15, 0.2) is 5.78 Å². The van der Waals surface area contributed by atoms with Gasteiger partial charge in [-0.1, -0.05) is 24.3 Å². The number of hydrogen-bond acceptors (Lipinski definition) is 2. The zero-order valence-electron chi connectivity index (χ0n) is 8.62. The summed E-state index contributed by atoms with van der Waals surface area (Å²) in [7, 11) is 0. The molecule has 1 rings (SSSR count). The fourth-order valence-corrected chi connectivity index (χ4v) is 1.10. The summed E-state index contributed by atoms with van der Waals surface area (Å²) in [5.74, 6) is 0.125. The van der Waals surface area contributed by atoms with Crippen LogP contribution >= 0.6 is 0 Å². The molecule has 0 spiro atoms. The van der Waals surface area contributed by atoms with Crippen LogP contribution in [-0.2, 0) is 4.74 Å². The first-order chi connectivity index (χ1) is 6.70. The van der Waals surface area contributed by atoms with Gasteiger partial charge in [-0.2, -0.15) is 0 Å². The minimum Gasteiger partial charge on any atom is -0.378 e. The molecule has 0 heterocycles. The maximum atomic E-state index is 11.5. The third-order valence-corrected chi connectivity index (χ3v) is 1.82. The number of benzene rings is 1. The first-order valence-electron chi connectivity index (χ1n) is 4.81. The highest BCUT2D eigenvalue weighted by Crippen LogP contribution is 2.03. The molecule has 0 saturated carbocycles. The van der Waals surface area contributed by atoms with Crippen molar-refractivity contribution in [1.29, 1.82) is 0 Å². The highest BCUT2D eigenvalue weighted by molar-refractivity contribution is 5.96. The molecule has 0 unspecified atom stereocenters. The highest BCUT2D eigenvalue weighted by Gasteiger charge is 2.04. The SMILES string of the molecule is CC(C)OCCC(=O)c1cc[c]cc1. The fourth-order valence-electron chi connectivity index (χ4n) is 1.10. The number of carbonyl (C=O) groups excluding carboxylic acids is 1. The van der Waals surface area contributed by atoms with E-state index in [-0.39, 0.29) is 11.9 Å². The largest absolute Gasteiger partial charge is 0.378 e. The number of hydrogen-bond donors (Lipinski definition) is 0. The number of rotatable bonds is 5. The van der Waals surface area contributed by atoms with Crippen LogP contribution in [0.15, 0.2) is 24.3 Å². The first-order valence-corrected chi connectivity index (χ1v) is 4.81. The molecule has 75 valence electrons. The summed E-state index contributed by atoms with van der Waals surface area (Å²) in [6, 6.07) is 9.92. The van der Waals surface area contributed by atoms with E-state index >= 15 is 0 Å². The van der Waals surface area contributed by atoms with Gasteiger partial charge in [0, 0.05) is 12.0 Å². The van der Waals surface area contributed by atoms with Gasteiger partial charge in [-0.15, -0.1) is 0 Å². The molecule has 0 N–H and O–H groups in total. The molecule has 0 aliphatic heterocycles. The van der Waals surface area contributed by atoms with Crippen LogP contribution < -0.4 is 0 Å². The summed E-state index contributed by atoms with van der Waals surface area (Å²) in [5, 5.41) is 0. The summed E-state index contributed by atoms with van der Waals surface area (Å²) >= 11 is 0. The Balaban J connectivity index is 2.36. The molecule has 1 radical (unpaired) electrons. The third-order valence-electron chi connectivity index (χ3n) is 1.82. The van der Waals surface area contributed by atoms with Gasteiger partial charge < -0.3 is 4.74 Å². The minimum absolute atomic E-state index is 0.125. The van der Waals surface area contributed by atoms with E-state index in [0.717, 1.165) is 5.56 Å². The number of Topliss-reactive ketones (excluding diaryl/α,β-unsaturated/α-hetero) is 1. The van der Waals surface area contributed by atoms with Crippen molar-refractivity contribution in [3.8, 4) is 0 Å². The van der Waals surface area contributed by atoms with Gasteiger partial charge in [0.25, 0.3) is 0 Å². The smallest absolute Gasteiger partial charge is 0.165 e. The van der Waals surface area contributed by atoms with E-state index in [2.05, 4.69) is 6.07 Å². The zero-order chi connectivity index (χ0) is 10.4. The molecule has 0 aliphatic carbocycles. The Morgan fingerprint density at radius 3 is 2.64 bits per heavy atom. The van der Waals surface area contributed by atoms with E-state index in [1.54, 1.807) is 24.3 Å². The molecular weight excluding hydrogens is 176 g/mol. The Bertz CT molecular complexity index is 278. The lowest BCUT2D eigenvalue weighted by Gasteiger charge is -2.06. The van der Waals surface area contributed by atoms with Crippen molar-refractivity contribution >= 4 is 5.78 Å². The average molecular weight is 191 g/mol. The fraction of sp³-hybridized carbons (Fsp3) is 0.417. The summed E-state index contributed by atoms with van der Waals surface area (Å²) in [4.78, 5) is 11.5. The van der Waals surface area contributed by atoms with Gasteiger partial charge in [0.05, 0.1) is 12.7 Å². The maximum absolute atomic E-state index is 11.5. The summed E-state index contributed by atoms with van der Waals surface area (Å²) in [6.45, 7) is 4.42. The monoisotopic (exact) mass is 191 g/mol. The molecule has 1 aromatic carbocycles. The van der Waals surface area contributed by atoms with Crippen molar-refractivity contribution in [2.24, 2.45) is 0 Å². The van der Waals surface area contributed by atoms with E-state index in [0.29, 0.717) is 13.0 Å². The second-order valence-corrected chi connectivity index (χ2v) is 3.38. The van der Waals surface area contributed by atoms with Crippen LogP contribution in [0.2, 0.25) is 0 Å². The van der Waals surface area contributed by atoms with Crippen molar-refractivity contribution in [2.75, 3.05) is 6.61 Å². The standard InChI is InChI=1S/C12H15O2/c1-10(2)14-9-8-12(13)11-6-4-3-5-7-11/h4-7,10H,8-9H2,1-2H3. The Hall–Kier alpha value is -1.15. The van der Waals surface area contributed by atoms with Crippen LogP contribution in [0.3, 0.4) is 0 Å². The normalized spacial score (nSPS) is 10.5. The minimum atomic E-state index is 0.125. The van der Waals surface area contributed by atoms with Crippen LogP contribution in [0.25, 0.3) is 0 Å². The Morgan fingerprint density at radius 2 is 2.07 bits per heavy atom. The predicted octanol–water partition coefficient (Wildman–Crippen LogP) is 2.48. The Labute approximate surface area is 84.9 Å². The van der Waals surface area contributed by atoms with E-state index in [1.165, 1.54) is 0 Å². The summed E-state index contributed by atoms with van der Waals surface area (Å²) < 4.78 is 5.31. The van der Waals surface area contributed by atoms with E-state index in [1.807, 2.05) is 13.8 Å². The first kappa shape index (κ1) is 10.9. The van der Waals surface area contributed by atoms with Crippen LogP contribution in [0.1, 0.15) is 30.6 Å². The maximum Gasteiger partial charge on any atom is 0.165 e. The van der Waals surface area contributed by atoms with Crippen LogP contribution in [0.4, 0.5) is 0 Å². The molecular formula is C12H15O2. The average Bonchev–Trinajstić information content (AvgIpc) is 2.18. The van der Waals surface area contributed by atoms with E-state index in [4.69, 9.17) is 4.74 Å². The molecule has 2 nitrogen and oxygen atoms in total. The number of ketones is 1. The van der Waals surface area contributed by atoms with Gasteiger partial charge in [0.1, 0.15) is 0 Å². The molecule has 0 amide bonds. The molecule has 0 atom stereocenters. The molecule has 0 aromatic heterocycles.